The lowest BCUT2D eigenvalue weighted by atomic mass is 10.0. The molecule has 1 heterocycles. The van der Waals surface area contributed by atoms with Gasteiger partial charge in [0.15, 0.2) is 0 Å². The van der Waals surface area contributed by atoms with Gasteiger partial charge in [0.05, 0.1) is 5.02 Å². The minimum atomic E-state index is -1.13. The third-order valence-corrected chi connectivity index (χ3v) is 2.77. The number of nitro groups is 1. The number of aliphatic hydroxyl groups excluding tert-OH is 1. The van der Waals surface area contributed by atoms with Gasteiger partial charge in [0, 0.05) is 16.1 Å². The van der Waals surface area contributed by atoms with Crippen molar-refractivity contribution in [3.63, 3.8) is 0 Å². The highest BCUT2D eigenvalue weighted by Gasteiger charge is 2.22. The summed E-state index contributed by atoms with van der Waals surface area (Å²) < 4.78 is 5.39. The molecule has 6 heteroatoms. The lowest BCUT2D eigenvalue weighted by Gasteiger charge is -2.20. The van der Waals surface area contributed by atoms with Crippen molar-refractivity contribution >= 4 is 17.7 Å². The molecule has 0 amide bonds. The molecule has 1 aliphatic rings. The molecule has 0 aliphatic carbocycles. The highest BCUT2D eigenvalue weighted by atomic mass is 35.5. The molecule has 0 fully saturated rings. The van der Waals surface area contributed by atoms with Crippen molar-refractivity contribution in [1.82, 2.24) is 0 Å². The van der Waals surface area contributed by atoms with Gasteiger partial charge in [-0.25, -0.2) is 0 Å². The zero-order valence-electron chi connectivity index (χ0n) is 8.80. The molecule has 0 saturated heterocycles. The first-order valence-corrected chi connectivity index (χ1v) is 5.37. The quantitative estimate of drug-likeness (QED) is 0.660. The molecule has 1 atom stereocenters. The van der Waals surface area contributed by atoms with Crippen molar-refractivity contribution in [2.75, 3.05) is 13.2 Å². The minimum absolute atomic E-state index is 0.117. The monoisotopic (exact) mass is 255 g/mol. The van der Waals surface area contributed by atoms with E-state index in [4.69, 9.17) is 16.3 Å². The minimum Gasteiger partial charge on any atom is -0.487 e. The van der Waals surface area contributed by atoms with Gasteiger partial charge in [0.25, 0.3) is 0 Å². The Morgan fingerprint density at radius 1 is 1.59 bits per heavy atom. The Labute approximate surface area is 102 Å². The molecule has 1 aliphatic heterocycles. The Bertz CT molecular complexity index is 486. The lowest BCUT2D eigenvalue weighted by molar-refractivity contribution is -0.488. The van der Waals surface area contributed by atoms with Gasteiger partial charge in [-0.15, -0.1) is 0 Å². The van der Waals surface area contributed by atoms with Crippen LogP contribution >= 0.6 is 11.6 Å². The van der Waals surface area contributed by atoms with Crippen LogP contribution in [-0.4, -0.2) is 29.3 Å². The molecule has 17 heavy (non-hydrogen) atoms. The zero-order valence-corrected chi connectivity index (χ0v) is 9.55. The van der Waals surface area contributed by atoms with E-state index < -0.39 is 17.6 Å². The normalized spacial score (nSPS) is 15.5. The fraction of sp³-hybridized carbons (Fsp3) is 0.273. The van der Waals surface area contributed by atoms with Crippen LogP contribution in [0.15, 0.2) is 23.8 Å². The van der Waals surface area contributed by atoms with Crippen molar-refractivity contribution < 1.29 is 14.8 Å². The van der Waals surface area contributed by atoms with Crippen LogP contribution in [0.5, 0.6) is 5.75 Å². The fourth-order valence-corrected chi connectivity index (χ4v) is 1.88. The number of halogens is 1. The average Bonchev–Trinajstić information content (AvgIpc) is 2.28. The van der Waals surface area contributed by atoms with Crippen molar-refractivity contribution in [2.24, 2.45) is 0 Å². The van der Waals surface area contributed by atoms with Crippen molar-refractivity contribution in [3.8, 4) is 5.75 Å². The van der Waals surface area contributed by atoms with E-state index in [2.05, 4.69) is 0 Å². The molecule has 0 spiro atoms. The fourth-order valence-electron chi connectivity index (χ4n) is 1.64. The Balaban J connectivity index is 2.26. The molecular formula is C11H10ClNO4. The maximum absolute atomic E-state index is 10.3. The van der Waals surface area contributed by atoms with Gasteiger partial charge in [0.1, 0.15) is 18.5 Å². The molecule has 5 nitrogen and oxygen atoms in total. The van der Waals surface area contributed by atoms with E-state index >= 15 is 0 Å². The number of ether oxygens (including phenoxy) is 1. The number of nitrogens with zero attached hydrogens (tertiary/aromatic N) is 1. The second kappa shape index (κ2) is 4.73. The predicted molar refractivity (Wildman–Crippen MR) is 62.8 cm³/mol. The number of rotatable bonds is 3. The van der Waals surface area contributed by atoms with Crippen LogP contribution < -0.4 is 4.74 Å². The van der Waals surface area contributed by atoms with E-state index in [1.165, 1.54) is 0 Å². The number of hydrogen-bond donors (Lipinski definition) is 1. The summed E-state index contributed by atoms with van der Waals surface area (Å²) in [6.07, 6.45) is 0.552. The maximum Gasteiger partial charge on any atom is 0.233 e. The van der Waals surface area contributed by atoms with Crippen LogP contribution in [0.4, 0.5) is 0 Å². The van der Waals surface area contributed by atoms with E-state index in [0.717, 1.165) is 5.56 Å². The number of aliphatic hydroxyl groups is 1. The third kappa shape index (κ3) is 2.57. The Morgan fingerprint density at radius 3 is 3.06 bits per heavy atom. The molecule has 0 bridgehead atoms. The first-order chi connectivity index (χ1) is 8.08. The summed E-state index contributed by atoms with van der Waals surface area (Å²) in [6, 6.07) is 5.23. The van der Waals surface area contributed by atoms with Gasteiger partial charge in [-0.05, 0) is 12.1 Å². The van der Waals surface area contributed by atoms with Crippen LogP contribution in [0.3, 0.4) is 0 Å². The van der Waals surface area contributed by atoms with Crippen LogP contribution in [0.2, 0.25) is 5.02 Å². The van der Waals surface area contributed by atoms with Crippen molar-refractivity contribution in [2.45, 2.75) is 6.10 Å². The smallest absolute Gasteiger partial charge is 0.233 e. The van der Waals surface area contributed by atoms with E-state index in [9.17, 15) is 15.2 Å². The van der Waals surface area contributed by atoms with Gasteiger partial charge >= 0.3 is 0 Å². The molecule has 0 saturated carbocycles. The van der Waals surface area contributed by atoms with Gasteiger partial charge in [-0.2, -0.15) is 0 Å². The van der Waals surface area contributed by atoms with Gasteiger partial charge < -0.3 is 9.84 Å². The van der Waals surface area contributed by atoms with Crippen molar-refractivity contribution in [3.05, 3.63) is 44.5 Å². The summed E-state index contributed by atoms with van der Waals surface area (Å²) >= 11 is 5.93. The summed E-state index contributed by atoms with van der Waals surface area (Å²) in [6.45, 7) is -0.406. The molecule has 1 N–H and O–H groups in total. The first-order valence-electron chi connectivity index (χ1n) is 4.99. The second-order valence-electron chi connectivity index (χ2n) is 3.70. The summed E-state index contributed by atoms with van der Waals surface area (Å²) in [5.41, 5.74) is 1.21. The van der Waals surface area contributed by atoms with Gasteiger partial charge in [-0.1, -0.05) is 23.7 Å². The summed E-state index contributed by atoms with van der Waals surface area (Å²) in [4.78, 5) is 9.75. The Morgan fingerprint density at radius 2 is 2.35 bits per heavy atom. The van der Waals surface area contributed by atoms with E-state index in [1.54, 1.807) is 24.3 Å². The summed E-state index contributed by atoms with van der Waals surface area (Å²) in [7, 11) is 0. The van der Waals surface area contributed by atoms with Gasteiger partial charge in [0.2, 0.25) is 6.54 Å². The highest BCUT2D eigenvalue weighted by Crippen LogP contribution is 2.33. The molecule has 0 unspecified atom stereocenters. The number of benzene rings is 1. The van der Waals surface area contributed by atoms with Crippen LogP contribution in [0.25, 0.3) is 6.08 Å². The molecule has 1 aromatic carbocycles. The second-order valence-corrected chi connectivity index (χ2v) is 4.10. The average molecular weight is 256 g/mol. The molecule has 2 rings (SSSR count). The zero-order chi connectivity index (χ0) is 12.4. The SMILES string of the molecule is O=[N+]([O-])C[C@@H](O)C1=Cc2cccc(Cl)c2OC1. The molecule has 1 aromatic rings. The van der Waals surface area contributed by atoms with E-state index in [0.29, 0.717) is 16.3 Å². The molecular weight excluding hydrogens is 246 g/mol. The van der Waals surface area contributed by atoms with Gasteiger partial charge in [-0.3, -0.25) is 10.1 Å². The third-order valence-electron chi connectivity index (χ3n) is 2.47. The van der Waals surface area contributed by atoms with Crippen LogP contribution in [-0.2, 0) is 0 Å². The molecule has 0 aromatic heterocycles. The Hall–Kier alpha value is -1.59. The molecule has 90 valence electrons. The first kappa shape index (κ1) is 11.9. The van der Waals surface area contributed by atoms with Crippen LogP contribution in [0.1, 0.15) is 5.56 Å². The van der Waals surface area contributed by atoms with E-state index in [-0.39, 0.29) is 6.61 Å². The molecule has 0 radical (unpaired) electrons. The number of para-hydroxylation sites is 1. The van der Waals surface area contributed by atoms with E-state index in [1.807, 2.05) is 0 Å². The van der Waals surface area contributed by atoms with Crippen molar-refractivity contribution in [1.29, 1.82) is 0 Å². The maximum atomic E-state index is 10.3. The lowest BCUT2D eigenvalue weighted by Crippen LogP contribution is -2.26. The van der Waals surface area contributed by atoms with Crippen LogP contribution in [0, 0.1) is 10.1 Å². The number of hydrogen-bond acceptors (Lipinski definition) is 4. The largest absolute Gasteiger partial charge is 0.487 e. The number of fused-ring (bicyclic) bond motifs is 1. The summed E-state index contributed by atoms with van der Waals surface area (Å²) in [5, 5.41) is 20.4. The summed E-state index contributed by atoms with van der Waals surface area (Å²) in [5.74, 6) is 0.547. The predicted octanol–water partition coefficient (Wildman–Crippen LogP) is 1.75. The standard InChI is InChI=1S/C11H10ClNO4/c12-9-3-1-2-7-4-8(6-17-11(7)9)10(14)5-13(15)16/h1-4,10,14H,5-6H2/t10-/m1/s1. The highest BCUT2D eigenvalue weighted by molar-refractivity contribution is 6.32. The Kier molecular flexibility index (Phi) is 3.31. The topological polar surface area (TPSA) is 72.6 Å².